The average molecular weight is 225 g/mol. The predicted octanol–water partition coefficient (Wildman–Crippen LogP) is 2.69. The van der Waals surface area contributed by atoms with E-state index in [-0.39, 0.29) is 17.3 Å². The van der Waals surface area contributed by atoms with Gasteiger partial charge in [0, 0.05) is 17.5 Å². The lowest BCUT2D eigenvalue weighted by atomic mass is 9.88. The molecule has 0 aliphatic heterocycles. The van der Waals surface area contributed by atoms with Gasteiger partial charge in [-0.15, -0.1) is 0 Å². The summed E-state index contributed by atoms with van der Waals surface area (Å²) in [5, 5.41) is -0.296. The zero-order chi connectivity index (χ0) is 9.84. The molecular formula is C8H10Cl2O3. The third-order valence-corrected chi connectivity index (χ3v) is 2.65. The van der Waals surface area contributed by atoms with Crippen LogP contribution in [0.1, 0.15) is 25.7 Å². The lowest BCUT2D eigenvalue weighted by molar-refractivity contribution is -0.116. The van der Waals surface area contributed by atoms with Crippen LogP contribution in [0.15, 0.2) is 0 Å². The quantitative estimate of drug-likeness (QED) is 0.678. The Hall–Kier alpha value is -0.280. The van der Waals surface area contributed by atoms with Crippen LogP contribution in [-0.2, 0) is 9.53 Å². The van der Waals surface area contributed by atoms with Crippen LogP contribution in [0.25, 0.3) is 0 Å². The number of rotatable bonds is 2. The third kappa shape index (κ3) is 3.53. The predicted molar refractivity (Wildman–Crippen MR) is 48.9 cm³/mol. The van der Waals surface area contributed by atoms with Crippen molar-refractivity contribution in [2.75, 3.05) is 0 Å². The van der Waals surface area contributed by atoms with E-state index >= 15 is 0 Å². The van der Waals surface area contributed by atoms with Gasteiger partial charge in [-0.05, 0) is 37.3 Å². The van der Waals surface area contributed by atoms with Gasteiger partial charge in [-0.1, -0.05) is 0 Å². The smallest absolute Gasteiger partial charge is 0.404 e. The minimum absolute atomic E-state index is 0.0769. The molecule has 0 aromatic carbocycles. The van der Waals surface area contributed by atoms with Gasteiger partial charge in [0.05, 0.1) is 0 Å². The molecule has 1 aliphatic carbocycles. The van der Waals surface area contributed by atoms with Crippen LogP contribution in [0, 0.1) is 5.92 Å². The Balaban J connectivity index is 2.30. The molecule has 0 amide bonds. The molecule has 13 heavy (non-hydrogen) atoms. The topological polar surface area (TPSA) is 43.4 Å². The molecule has 0 saturated heterocycles. The van der Waals surface area contributed by atoms with E-state index in [1.165, 1.54) is 0 Å². The maximum Gasteiger partial charge on any atom is 0.404 e. The molecule has 0 aromatic heterocycles. The van der Waals surface area contributed by atoms with Crippen molar-refractivity contribution in [1.29, 1.82) is 0 Å². The summed E-state index contributed by atoms with van der Waals surface area (Å²) < 4.78 is 4.79. The number of hydrogen-bond acceptors (Lipinski definition) is 3. The molecule has 0 radical (unpaired) electrons. The molecule has 0 atom stereocenters. The summed E-state index contributed by atoms with van der Waals surface area (Å²) in [6, 6.07) is 0. The van der Waals surface area contributed by atoms with Crippen molar-refractivity contribution in [2.24, 2.45) is 5.92 Å². The van der Waals surface area contributed by atoms with Crippen LogP contribution in [0.3, 0.4) is 0 Å². The Morgan fingerprint density at radius 3 is 2.00 bits per heavy atom. The van der Waals surface area contributed by atoms with Gasteiger partial charge in [0.15, 0.2) is 0 Å². The molecule has 74 valence electrons. The first-order valence-electron chi connectivity index (χ1n) is 4.15. The van der Waals surface area contributed by atoms with Crippen LogP contribution in [0.5, 0.6) is 0 Å². The molecule has 0 spiro atoms. The Kier molecular flexibility index (Phi) is 4.00. The Bertz CT molecular complexity index is 209. The molecular weight excluding hydrogens is 215 g/mol. The van der Waals surface area contributed by atoms with E-state index in [4.69, 9.17) is 27.9 Å². The molecule has 0 unspecified atom stereocenters. The van der Waals surface area contributed by atoms with E-state index in [1.54, 1.807) is 0 Å². The van der Waals surface area contributed by atoms with Gasteiger partial charge in [0.1, 0.15) is 6.10 Å². The SMILES string of the molecule is O=C(Cl)O[C@H]1CC[C@H](C(=O)Cl)CC1. The second kappa shape index (κ2) is 4.82. The largest absolute Gasteiger partial charge is 0.450 e. The third-order valence-electron chi connectivity index (χ3n) is 2.25. The van der Waals surface area contributed by atoms with Crippen LogP contribution < -0.4 is 0 Å². The van der Waals surface area contributed by atoms with E-state index in [2.05, 4.69) is 0 Å². The monoisotopic (exact) mass is 224 g/mol. The Morgan fingerprint density at radius 2 is 1.62 bits per heavy atom. The van der Waals surface area contributed by atoms with Crippen LogP contribution in [0.2, 0.25) is 0 Å². The minimum atomic E-state index is -0.777. The molecule has 1 rings (SSSR count). The van der Waals surface area contributed by atoms with Gasteiger partial charge in [-0.3, -0.25) is 4.79 Å². The zero-order valence-corrected chi connectivity index (χ0v) is 8.48. The van der Waals surface area contributed by atoms with E-state index < -0.39 is 5.43 Å². The number of carbonyl (C=O) groups excluding carboxylic acids is 2. The van der Waals surface area contributed by atoms with Crippen molar-refractivity contribution < 1.29 is 14.3 Å². The first kappa shape index (κ1) is 10.8. The Labute approximate surface area is 86.3 Å². The lowest BCUT2D eigenvalue weighted by Gasteiger charge is -2.25. The lowest BCUT2D eigenvalue weighted by Crippen LogP contribution is -2.24. The van der Waals surface area contributed by atoms with E-state index in [1.807, 2.05) is 0 Å². The maximum absolute atomic E-state index is 10.8. The van der Waals surface area contributed by atoms with Gasteiger partial charge in [-0.25, -0.2) is 4.79 Å². The minimum Gasteiger partial charge on any atom is -0.450 e. The molecule has 1 fully saturated rings. The normalized spacial score (nSPS) is 28.2. The summed E-state index contributed by atoms with van der Waals surface area (Å²) in [6.45, 7) is 0. The fourth-order valence-electron chi connectivity index (χ4n) is 1.54. The summed E-state index contributed by atoms with van der Waals surface area (Å²) in [7, 11) is 0. The molecule has 0 N–H and O–H groups in total. The fraction of sp³-hybridized carbons (Fsp3) is 0.750. The average Bonchev–Trinajstić information content (AvgIpc) is 2.04. The number of hydrogen-bond donors (Lipinski definition) is 0. The van der Waals surface area contributed by atoms with Crippen molar-refractivity contribution in [3.63, 3.8) is 0 Å². The molecule has 0 bridgehead atoms. The molecule has 3 nitrogen and oxygen atoms in total. The highest BCUT2D eigenvalue weighted by atomic mass is 35.5. The highest BCUT2D eigenvalue weighted by Crippen LogP contribution is 2.28. The van der Waals surface area contributed by atoms with Crippen LogP contribution in [0.4, 0.5) is 4.79 Å². The highest BCUT2D eigenvalue weighted by molar-refractivity contribution is 6.64. The van der Waals surface area contributed by atoms with Crippen LogP contribution in [-0.4, -0.2) is 16.8 Å². The van der Waals surface area contributed by atoms with Gasteiger partial charge in [0.2, 0.25) is 5.24 Å². The summed E-state index contributed by atoms with van der Waals surface area (Å²) in [5.74, 6) is -0.0769. The van der Waals surface area contributed by atoms with Crippen molar-refractivity contribution in [2.45, 2.75) is 31.8 Å². The number of halogens is 2. The molecule has 1 saturated carbocycles. The van der Waals surface area contributed by atoms with Crippen molar-refractivity contribution >= 4 is 33.9 Å². The number of ether oxygens (including phenoxy) is 1. The molecule has 0 heterocycles. The summed E-state index contributed by atoms with van der Waals surface area (Å²) >= 11 is 10.4. The standard InChI is InChI=1S/C8H10Cl2O3/c9-7(11)5-1-3-6(4-2-5)13-8(10)12/h5-6H,1-4H2/t5-,6-. The Morgan fingerprint density at radius 1 is 1.08 bits per heavy atom. The summed E-state index contributed by atoms with van der Waals surface area (Å²) in [4.78, 5) is 21.1. The highest BCUT2D eigenvalue weighted by Gasteiger charge is 2.26. The first-order valence-corrected chi connectivity index (χ1v) is 4.90. The summed E-state index contributed by atoms with van der Waals surface area (Å²) in [5.41, 5.74) is -0.777. The number of carbonyl (C=O) groups is 2. The van der Waals surface area contributed by atoms with E-state index in [9.17, 15) is 9.59 Å². The van der Waals surface area contributed by atoms with Gasteiger partial charge < -0.3 is 4.74 Å². The van der Waals surface area contributed by atoms with Gasteiger partial charge >= 0.3 is 5.43 Å². The van der Waals surface area contributed by atoms with Gasteiger partial charge in [-0.2, -0.15) is 0 Å². The summed E-state index contributed by atoms with van der Waals surface area (Å²) in [6.07, 6.45) is 2.55. The van der Waals surface area contributed by atoms with E-state index in [0.29, 0.717) is 25.7 Å². The van der Waals surface area contributed by atoms with Crippen molar-refractivity contribution in [3.05, 3.63) is 0 Å². The fourth-order valence-corrected chi connectivity index (χ4v) is 1.88. The molecule has 0 aromatic rings. The molecule has 5 heteroatoms. The van der Waals surface area contributed by atoms with Gasteiger partial charge in [0.25, 0.3) is 0 Å². The van der Waals surface area contributed by atoms with Crippen LogP contribution >= 0.6 is 23.2 Å². The van der Waals surface area contributed by atoms with Crippen molar-refractivity contribution in [1.82, 2.24) is 0 Å². The second-order valence-corrected chi connectivity index (χ2v) is 3.81. The molecule has 1 aliphatic rings. The van der Waals surface area contributed by atoms with Crippen molar-refractivity contribution in [3.8, 4) is 0 Å². The van der Waals surface area contributed by atoms with E-state index in [0.717, 1.165) is 0 Å². The second-order valence-electron chi connectivity index (χ2n) is 3.13. The maximum atomic E-state index is 10.8. The first-order chi connectivity index (χ1) is 6.09. The zero-order valence-electron chi connectivity index (χ0n) is 6.96.